The molecule has 0 aliphatic carbocycles. The smallest absolute Gasteiger partial charge is 0.168 e. The maximum Gasteiger partial charge on any atom is 0.168 e. The third kappa shape index (κ3) is 2.21. The molecule has 0 radical (unpaired) electrons. The van der Waals surface area contributed by atoms with E-state index in [-0.39, 0.29) is 17.8 Å². The highest BCUT2D eigenvalue weighted by atomic mass is 19.1. The largest absolute Gasteiger partial charge is 0.493 e. The average molecular weight is 281 g/mol. The van der Waals surface area contributed by atoms with Gasteiger partial charge in [-0.05, 0) is 25.1 Å². The van der Waals surface area contributed by atoms with Gasteiger partial charge in [0.25, 0.3) is 0 Å². The fourth-order valence-corrected chi connectivity index (χ4v) is 2.96. The van der Waals surface area contributed by atoms with Crippen molar-refractivity contribution in [3.05, 3.63) is 35.4 Å². The molecule has 1 fully saturated rings. The fourth-order valence-electron chi connectivity index (χ4n) is 2.96. The van der Waals surface area contributed by atoms with E-state index < -0.39 is 11.6 Å². The zero-order valence-corrected chi connectivity index (χ0v) is 11.5. The standard InChI is InChI=1S/C15H17F2NO2/c1-18-11-3-9(4-12(18)8-20-7-11)13-5-10(16)6-14(17)15(13)19-2/h3,5-6,11-12H,4,7-8H2,1-2H3. The Kier molecular flexibility index (Phi) is 3.48. The summed E-state index contributed by atoms with van der Waals surface area (Å²) in [6.07, 6.45) is 2.72. The molecule has 108 valence electrons. The maximum atomic E-state index is 13.8. The van der Waals surface area contributed by atoms with Crippen LogP contribution in [-0.2, 0) is 4.74 Å². The summed E-state index contributed by atoms with van der Waals surface area (Å²) >= 11 is 0. The highest BCUT2D eigenvalue weighted by Crippen LogP contribution is 2.37. The molecule has 5 heteroatoms. The molecule has 0 saturated carbocycles. The van der Waals surface area contributed by atoms with Gasteiger partial charge in [-0.2, -0.15) is 0 Å². The van der Waals surface area contributed by atoms with Crippen LogP contribution in [0.1, 0.15) is 12.0 Å². The number of ether oxygens (including phenoxy) is 2. The maximum absolute atomic E-state index is 13.8. The number of fused-ring (bicyclic) bond motifs is 2. The van der Waals surface area contributed by atoms with Crippen molar-refractivity contribution in [3.8, 4) is 5.75 Å². The Morgan fingerprint density at radius 1 is 1.30 bits per heavy atom. The molecule has 2 aliphatic heterocycles. The fraction of sp³-hybridized carbons (Fsp3) is 0.467. The van der Waals surface area contributed by atoms with Gasteiger partial charge in [0.05, 0.1) is 26.4 Å². The Labute approximate surface area is 116 Å². The molecule has 2 aliphatic rings. The first-order valence-corrected chi connectivity index (χ1v) is 6.64. The quantitative estimate of drug-likeness (QED) is 0.831. The van der Waals surface area contributed by atoms with Crippen LogP contribution < -0.4 is 4.74 Å². The van der Waals surface area contributed by atoms with Gasteiger partial charge in [-0.1, -0.05) is 6.08 Å². The van der Waals surface area contributed by atoms with E-state index in [1.807, 2.05) is 6.08 Å². The lowest BCUT2D eigenvalue weighted by Crippen LogP contribution is -2.51. The van der Waals surface area contributed by atoms with Crippen LogP contribution in [0.15, 0.2) is 18.2 Å². The summed E-state index contributed by atoms with van der Waals surface area (Å²) in [5.41, 5.74) is 1.44. The van der Waals surface area contributed by atoms with Gasteiger partial charge in [-0.3, -0.25) is 4.90 Å². The molecular formula is C15H17F2NO2. The van der Waals surface area contributed by atoms with Gasteiger partial charge in [0.2, 0.25) is 0 Å². The molecule has 1 saturated heterocycles. The summed E-state index contributed by atoms with van der Waals surface area (Å²) in [6.45, 7) is 1.25. The minimum absolute atomic E-state index is 0.112. The second-order valence-electron chi connectivity index (χ2n) is 5.29. The van der Waals surface area contributed by atoms with Crippen LogP contribution >= 0.6 is 0 Å². The predicted octanol–water partition coefficient (Wildman–Crippen LogP) is 2.46. The summed E-state index contributed by atoms with van der Waals surface area (Å²) < 4.78 is 37.9. The molecule has 3 nitrogen and oxygen atoms in total. The molecule has 3 rings (SSSR count). The van der Waals surface area contributed by atoms with Crippen LogP contribution in [-0.4, -0.2) is 44.4 Å². The zero-order valence-electron chi connectivity index (χ0n) is 11.5. The summed E-state index contributed by atoms with van der Waals surface area (Å²) in [6, 6.07) is 2.58. The van der Waals surface area contributed by atoms with E-state index in [4.69, 9.17) is 9.47 Å². The van der Waals surface area contributed by atoms with Crippen molar-refractivity contribution < 1.29 is 18.3 Å². The highest BCUT2D eigenvalue weighted by molar-refractivity contribution is 5.72. The first kappa shape index (κ1) is 13.5. The molecule has 0 amide bonds. The van der Waals surface area contributed by atoms with Crippen molar-refractivity contribution in [2.75, 3.05) is 27.4 Å². The minimum Gasteiger partial charge on any atom is -0.493 e. The van der Waals surface area contributed by atoms with Gasteiger partial charge in [0.1, 0.15) is 5.82 Å². The highest BCUT2D eigenvalue weighted by Gasteiger charge is 2.33. The summed E-state index contributed by atoms with van der Waals surface area (Å²) in [7, 11) is 3.45. The molecule has 0 aromatic heterocycles. The molecule has 0 spiro atoms. The Morgan fingerprint density at radius 3 is 2.80 bits per heavy atom. The monoisotopic (exact) mass is 281 g/mol. The lowest BCUT2D eigenvalue weighted by Gasteiger charge is -2.42. The van der Waals surface area contributed by atoms with Gasteiger partial charge in [-0.15, -0.1) is 0 Å². The van der Waals surface area contributed by atoms with E-state index >= 15 is 0 Å². The molecule has 20 heavy (non-hydrogen) atoms. The van der Waals surface area contributed by atoms with Gasteiger partial charge in [0.15, 0.2) is 11.6 Å². The van der Waals surface area contributed by atoms with E-state index in [0.717, 1.165) is 11.6 Å². The van der Waals surface area contributed by atoms with Crippen LogP contribution in [0.4, 0.5) is 8.78 Å². The number of hydrogen-bond acceptors (Lipinski definition) is 3. The van der Waals surface area contributed by atoms with Crippen LogP contribution in [0.5, 0.6) is 5.75 Å². The lowest BCUT2D eigenvalue weighted by atomic mass is 9.89. The van der Waals surface area contributed by atoms with Crippen molar-refractivity contribution in [2.45, 2.75) is 18.5 Å². The average Bonchev–Trinajstić information content (AvgIpc) is 2.37. The van der Waals surface area contributed by atoms with Crippen molar-refractivity contribution >= 4 is 5.57 Å². The van der Waals surface area contributed by atoms with Gasteiger partial charge in [-0.25, -0.2) is 8.78 Å². The Hall–Kier alpha value is -1.46. The molecule has 2 bridgehead atoms. The van der Waals surface area contributed by atoms with Crippen LogP contribution in [0.2, 0.25) is 0 Å². The van der Waals surface area contributed by atoms with Gasteiger partial charge >= 0.3 is 0 Å². The molecule has 1 aromatic rings. The first-order chi connectivity index (χ1) is 9.60. The van der Waals surface area contributed by atoms with Crippen LogP contribution in [0.25, 0.3) is 5.57 Å². The van der Waals surface area contributed by atoms with Crippen molar-refractivity contribution in [3.63, 3.8) is 0 Å². The molecule has 2 atom stereocenters. The van der Waals surface area contributed by atoms with Crippen molar-refractivity contribution in [1.82, 2.24) is 4.90 Å². The minimum atomic E-state index is -0.663. The molecule has 2 unspecified atom stereocenters. The topological polar surface area (TPSA) is 21.7 Å². The number of methoxy groups -OCH3 is 1. The van der Waals surface area contributed by atoms with Crippen LogP contribution in [0.3, 0.4) is 0 Å². The predicted molar refractivity (Wildman–Crippen MR) is 71.7 cm³/mol. The molecular weight excluding hydrogens is 264 g/mol. The SMILES string of the molecule is COc1c(F)cc(F)cc1C1=CC2COCC(C1)N2C. The van der Waals surface area contributed by atoms with E-state index in [9.17, 15) is 8.78 Å². The molecule has 2 heterocycles. The van der Waals surface area contributed by atoms with Gasteiger partial charge in [0, 0.05) is 17.7 Å². The summed E-state index contributed by atoms with van der Waals surface area (Å²) in [5.74, 6) is -1.13. The first-order valence-electron chi connectivity index (χ1n) is 6.64. The van der Waals surface area contributed by atoms with Crippen molar-refractivity contribution in [2.24, 2.45) is 0 Å². The number of halogens is 2. The Balaban J connectivity index is 2.05. The molecule has 0 N–H and O–H groups in total. The second-order valence-corrected chi connectivity index (χ2v) is 5.29. The van der Waals surface area contributed by atoms with Gasteiger partial charge < -0.3 is 9.47 Å². The second kappa shape index (κ2) is 5.14. The number of morpholine rings is 1. The third-order valence-corrected chi connectivity index (χ3v) is 4.11. The number of likely N-dealkylation sites (N-methyl/N-ethyl adjacent to an activating group) is 1. The third-order valence-electron chi connectivity index (χ3n) is 4.11. The van der Waals surface area contributed by atoms with E-state index in [1.54, 1.807) is 0 Å². The van der Waals surface area contributed by atoms with E-state index in [1.165, 1.54) is 13.2 Å². The molecule has 1 aromatic carbocycles. The Bertz CT molecular complexity index is 559. The number of benzene rings is 1. The summed E-state index contributed by atoms with van der Waals surface area (Å²) in [5, 5.41) is 0. The number of nitrogens with zero attached hydrogens (tertiary/aromatic N) is 1. The zero-order chi connectivity index (χ0) is 14.3. The Morgan fingerprint density at radius 2 is 2.10 bits per heavy atom. The van der Waals surface area contributed by atoms with E-state index in [0.29, 0.717) is 25.2 Å². The number of hydrogen-bond donors (Lipinski definition) is 0. The lowest BCUT2D eigenvalue weighted by molar-refractivity contribution is -0.0221. The van der Waals surface area contributed by atoms with Crippen LogP contribution in [0, 0.1) is 11.6 Å². The van der Waals surface area contributed by atoms with E-state index in [2.05, 4.69) is 11.9 Å². The summed E-state index contributed by atoms with van der Waals surface area (Å²) in [4.78, 5) is 2.25. The number of rotatable bonds is 2. The normalized spacial score (nSPS) is 26.3. The van der Waals surface area contributed by atoms with Crippen molar-refractivity contribution in [1.29, 1.82) is 0 Å².